The van der Waals surface area contributed by atoms with E-state index in [1.54, 1.807) is 50.4 Å². The molecule has 0 radical (unpaired) electrons. The van der Waals surface area contributed by atoms with Gasteiger partial charge in [0.1, 0.15) is 6.29 Å². The summed E-state index contributed by atoms with van der Waals surface area (Å²) in [5.74, 6) is 0. The lowest BCUT2D eigenvalue weighted by molar-refractivity contribution is 0.221. The van der Waals surface area contributed by atoms with Gasteiger partial charge < -0.3 is 9.05 Å². The molecule has 0 saturated heterocycles. The number of benzene rings is 2. The summed E-state index contributed by atoms with van der Waals surface area (Å²) in [6, 6.07) is 12.5. The van der Waals surface area contributed by atoms with Crippen LogP contribution in [0.25, 0.3) is 10.9 Å². The number of rotatable bonds is 9. The van der Waals surface area contributed by atoms with Crippen molar-refractivity contribution in [2.75, 3.05) is 23.8 Å². The molecule has 0 saturated carbocycles. The number of hydrogen-bond acceptors (Lipinski definition) is 6. The molecule has 0 N–H and O–H groups in total. The van der Waals surface area contributed by atoms with Crippen LogP contribution in [-0.2, 0) is 23.6 Å². The molecule has 0 aliphatic carbocycles. The summed E-state index contributed by atoms with van der Waals surface area (Å²) in [7, 11) is -8.00. The molecule has 0 atom stereocenters. The van der Waals surface area contributed by atoms with Gasteiger partial charge in [-0.25, -0.2) is 8.42 Å². The summed E-state index contributed by atoms with van der Waals surface area (Å²) in [6.45, 7) is 3.50. The van der Waals surface area contributed by atoms with Crippen molar-refractivity contribution >= 4 is 57.4 Å². The zero-order valence-electron chi connectivity index (χ0n) is 16.9. The highest BCUT2D eigenvalue weighted by Gasteiger charge is 2.35. The second kappa shape index (κ2) is 9.86. The van der Waals surface area contributed by atoms with E-state index in [0.29, 0.717) is 10.9 Å². The molecular formula is C20H21Cl2N2O5PS. The maximum Gasteiger partial charge on any atom is 0.350 e. The summed E-state index contributed by atoms with van der Waals surface area (Å²) in [5.41, 5.74) is 0.962. The van der Waals surface area contributed by atoms with E-state index in [-0.39, 0.29) is 33.8 Å². The van der Waals surface area contributed by atoms with Crippen LogP contribution in [0.5, 0.6) is 0 Å². The second-order valence-corrected chi connectivity index (χ2v) is 11.2. The Morgan fingerprint density at radius 3 is 2.26 bits per heavy atom. The highest BCUT2D eigenvalue weighted by molar-refractivity contribution is 7.93. The Morgan fingerprint density at radius 2 is 1.65 bits per heavy atom. The SMILES string of the molecule is CCOP(=O)(CN(c1ccc2ncccc2c1)S(=O)(=O)c1cc(Cl)cc(Cl)c1)OCC. The second-order valence-electron chi connectivity index (χ2n) is 6.43. The van der Waals surface area contributed by atoms with Gasteiger partial charge in [-0.2, -0.15) is 0 Å². The minimum atomic E-state index is -4.23. The van der Waals surface area contributed by atoms with E-state index in [2.05, 4.69) is 4.98 Å². The molecule has 0 aliphatic heterocycles. The van der Waals surface area contributed by atoms with Crippen LogP contribution in [0.1, 0.15) is 13.8 Å². The molecule has 1 heterocycles. The topological polar surface area (TPSA) is 85.8 Å². The molecule has 166 valence electrons. The van der Waals surface area contributed by atoms with Crippen LogP contribution in [0.2, 0.25) is 10.0 Å². The first-order valence-corrected chi connectivity index (χ1v) is 13.3. The molecule has 7 nitrogen and oxygen atoms in total. The summed E-state index contributed by atoms with van der Waals surface area (Å²) in [4.78, 5) is 4.11. The van der Waals surface area contributed by atoms with E-state index >= 15 is 0 Å². The lowest BCUT2D eigenvalue weighted by Crippen LogP contribution is -2.33. The lowest BCUT2D eigenvalue weighted by atomic mass is 10.2. The highest BCUT2D eigenvalue weighted by Crippen LogP contribution is 2.50. The van der Waals surface area contributed by atoms with Gasteiger partial charge in [-0.3, -0.25) is 13.9 Å². The van der Waals surface area contributed by atoms with E-state index in [1.807, 2.05) is 0 Å². The molecule has 0 fully saturated rings. The van der Waals surface area contributed by atoms with Gasteiger partial charge in [-0.05, 0) is 56.3 Å². The maximum absolute atomic E-state index is 13.6. The molecule has 31 heavy (non-hydrogen) atoms. The quantitative estimate of drug-likeness (QED) is 0.335. The van der Waals surface area contributed by atoms with Crippen molar-refractivity contribution < 1.29 is 22.0 Å². The molecule has 1 aromatic heterocycles. The minimum absolute atomic E-state index is 0.0931. The lowest BCUT2D eigenvalue weighted by Gasteiger charge is -2.28. The first-order valence-electron chi connectivity index (χ1n) is 9.40. The maximum atomic E-state index is 13.6. The van der Waals surface area contributed by atoms with Crippen molar-refractivity contribution in [2.45, 2.75) is 18.7 Å². The highest BCUT2D eigenvalue weighted by atomic mass is 35.5. The molecule has 0 bridgehead atoms. The molecule has 0 amide bonds. The number of aromatic nitrogens is 1. The van der Waals surface area contributed by atoms with Crippen LogP contribution in [0.3, 0.4) is 0 Å². The number of nitrogens with zero attached hydrogens (tertiary/aromatic N) is 2. The van der Waals surface area contributed by atoms with Crippen molar-refractivity contribution in [3.63, 3.8) is 0 Å². The number of pyridine rings is 1. The zero-order valence-corrected chi connectivity index (χ0v) is 20.1. The van der Waals surface area contributed by atoms with E-state index in [0.717, 1.165) is 4.31 Å². The number of anilines is 1. The van der Waals surface area contributed by atoms with E-state index in [1.165, 1.54) is 18.2 Å². The molecule has 3 aromatic rings. The van der Waals surface area contributed by atoms with E-state index in [9.17, 15) is 13.0 Å². The molecule has 0 spiro atoms. The fraction of sp³-hybridized carbons (Fsp3) is 0.250. The van der Waals surface area contributed by atoms with Gasteiger partial charge >= 0.3 is 7.60 Å². The Bertz CT molecular complexity index is 1210. The third-order valence-corrected chi connectivity index (χ3v) is 8.56. The zero-order chi connectivity index (χ0) is 22.6. The third kappa shape index (κ3) is 5.58. The average molecular weight is 503 g/mol. The number of fused-ring (bicyclic) bond motifs is 1. The van der Waals surface area contributed by atoms with Gasteiger partial charge in [0.2, 0.25) is 0 Å². The Kier molecular flexibility index (Phi) is 7.63. The first-order chi connectivity index (χ1) is 14.7. The van der Waals surface area contributed by atoms with Crippen LogP contribution < -0.4 is 4.31 Å². The van der Waals surface area contributed by atoms with Gasteiger partial charge in [0, 0.05) is 21.6 Å². The predicted octanol–water partition coefficient (Wildman–Crippen LogP) is 5.96. The van der Waals surface area contributed by atoms with Crippen molar-refractivity contribution in [3.05, 3.63) is 64.8 Å². The third-order valence-electron chi connectivity index (χ3n) is 4.25. The van der Waals surface area contributed by atoms with Crippen molar-refractivity contribution in [3.8, 4) is 0 Å². The van der Waals surface area contributed by atoms with Gasteiger partial charge in [-0.15, -0.1) is 0 Å². The smallest absolute Gasteiger partial charge is 0.308 e. The van der Waals surface area contributed by atoms with Gasteiger partial charge in [-0.1, -0.05) is 29.3 Å². The monoisotopic (exact) mass is 502 g/mol. The fourth-order valence-electron chi connectivity index (χ4n) is 2.99. The van der Waals surface area contributed by atoms with Crippen molar-refractivity contribution in [1.82, 2.24) is 4.98 Å². The van der Waals surface area contributed by atoms with Crippen LogP contribution in [-0.4, -0.2) is 32.9 Å². The van der Waals surface area contributed by atoms with Crippen molar-refractivity contribution in [1.29, 1.82) is 0 Å². The number of halogens is 2. The summed E-state index contributed by atoms with van der Waals surface area (Å²) < 4.78 is 52.2. The van der Waals surface area contributed by atoms with Crippen LogP contribution in [0, 0.1) is 0 Å². The molecular weight excluding hydrogens is 482 g/mol. The largest absolute Gasteiger partial charge is 0.350 e. The first kappa shape index (κ1) is 24.0. The van der Waals surface area contributed by atoms with Crippen molar-refractivity contribution in [2.24, 2.45) is 0 Å². The molecule has 11 heteroatoms. The summed E-state index contributed by atoms with van der Waals surface area (Å²) in [6.07, 6.45) is 1.12. The van der Waals surface area contributed by atoms with Gasteiger partial charge in [0.05, 0.1) is 29.3 Å². The Balaban J connectivity index is 2.18. The fourth-order valence-corrected chi connectivity index (χ4v) is 7.38. The average Bonchev–Trinajstić information content (AvgIpc) is 2.71. The Morgan fingerprint density at radius 1 is 1.00 bits per heavy atom. The molecule has 2 aromatic carbocycles. The van der Waals surface area contributed by atoms with Gasteiger partial charge in [0.25, 0.3) is 10.0 Å². The molecule has 0 unspecified atom stereocenters. The van der Waals surface area contributed by atoms with E-state index in [4.69, 9.17) is 32.2 Å². The normalized spacial score (nSPS) is 12.3. The molecule has 0 aliphatic rings. The standard InChI is InChI=1S/C20H21Cl2N2O5PS/c1-3-28-30(25,29-4-2)14-24(18-7-8-20-15(10-18)6-5-9-23-20)31(26,27)19-12-16(21)11-17(22)13-19/h5-13H,3-4,14H2,1-2H3. The Labute approximate surface area is 191 Å². The predicted molar refractivity (Wildman–Crippen MR) is 124 cm³/mol. The van der Waals surface area contributed by atoms with Crippen LogP contribution >= 0.6 is 30.8 Å². The number of hydrogen-bond donors (Lipinski definition) is 0. The molecule has 3 rings (SSSR count). The number of sulfonamides is 1. The summed E-state index contributed by atoms with van der Waals surface area (Å²) in [5, 5.41) is 1.03. The minimum Gasteiger partial charge on any atom is -0.308 e. The van der Waals surface area contributed by atoms with E-state index < -0.39 is 23.9 Å². The Hall–Kier alpha value is -1.67. The van der Waals surface area contributed by atoms with Gasteiger partial charge in [0.15, 0.2) is 0 Å². The van der Waals surface area contributed by atoms with Crippen LogP contribution in [0.15, 0.2) is 59.6 Å². The van der Waals surface area contributed by atoms with Crippen LogP contribution in [0.4, 0.5) is 5.69 Å². The summed E-state index contributed by atoms with van der Waals surface area (Å²) >= 11 is 12.1.